The summed E-state index contributed by atoms with van der Waals surface area (Å²) in [4.78, 5) is 50.6. The predicted octanol–water partition coefficient (Wildman–Crippen LogP) is 4.14. The van der Waals surface area contributed by atoms with E-state index in [2.05, 4.69) is 16.8 Å². The van der Waals surface area contributed by atoms with Crippen LogP contribution in [0.15, 0.2) is 84.9 Å². The molecule has 3 saturated heterocycles. The summed E-state index contributed by atoms with van der Waals surface area (Å²) in [5.41, 5.74) is 2.78. The minimum atomic E-state index is -1.16. The second-order valence-electron chi connectivity index (χ2n) is 11.0. The minimum absolute atomic E-state index is 0.158. The van der Waals surface area contributed by atoms with Crippen molar-refractivity contribution in [3.05, 3.63) is 90.5 Å². The van der Waals surface area contributed by atoms with Crippen molar-refractivity contribution in [1.29, 1.82) is 0 Å². The van der Waals surface area contributed by atoms with Crippen LogP contribution in [-0.4, -0.2) is 95.6 Å². The van der Waals surface area contributed by atoms with Gasteiger partial charge < -0.3 is 24.7 Å². The number of benzene rings is 3. The molecule has 0 aromatic heterocycles. The minimum Gasteiger partial charge on any atom is -0.480 e. The lowest BCUT2D eigenvalue weighted by Crippen LogP contribution is -2.66. The zero-order valence-electron chi connectivity index (χ0n) is 23.2. The van der Waals surface area contributed by atoms with Crippen LogP contribution < -0.4 is 9.80 Å². The number of likely N-dealkylation sites (N-methyl/N-ethyl adjacent to an activating group) is 1. The first-order chi connectivity index (χ1) is 19.9. The summed E-state index contributed by atoms with van der Waals surface area (Å²) >= 11 is 0. The highest BCUT2D eigenvalue weighted by Gasteiger charge is 2.53. The molecule has 3 aromatic carbocycles. The third kappa shape index (κ3) is 5.02. The number of rotatable bonds is 5. The monoisotopic (exact) mass is 553 g/mol. The second kappa shape index (κ2) is 11.2. The molecule has 3 fully saturated rings. The fraction of sp³-hybridized carbons (Fsp3) is 0.344. The quantitative estimate of drug-likeness (QED) is 0.511. The van der Waals surface area contributed by atoms with Crippen molar-refractivity contribution in [3.63, 3.8) is 0 Å². The van der Waals surface area contributed by atoms with Gasteiger partial charge in [-0.25, -0.2) is 9.59 Å². The van der Waals surface area contributed by atoms with Crippen LogP contribution in [0.25, 0.3) is 0 Å². The summed E-state index contributed by atoms with van der Waals surface area (Å²) in [5.74, 6) is -1.26. The molecule has 3 aliphatic rings. The van der Waals surface area contributed by atoms with E-state index in [0.29, 0.717) is 29.8 Å². The fourth-order valence-corrected chi connectivity index (χ4v) is 6.53. The van der Waals surface area contributed by atoms with Gasteiger partial charge in [-0.15, -0.1) is 0 Å². The Hall–Kier alpha value is -4.37. The molecule has 3 aromatic rings. The summed E-state index contributed by atoms with van der Waals surface area (Å²) in [5, 5.41) is 10.5. The molecule has 0 radical (unpaired) electrons. The Bertz CT molecular complexity index is 1370. The summed E-state index contributed by atoms with van der Waals surface area (Å²) in [6.07, 6.45) is 1.18. The van der Waals surface area contributed by atoms with Crippen molar-refractivity contribution < 1.29 is 19.5 Å². The van der Waals surface area contributed by atoms with Gasteiger partial charge >= 0.3 is 12.0 Å². The van der Waals surface area contributed by atoms with Crippen molar-refractivity contribution in [2.75, 3.05) is 49.6 Å². The van der Waals surface area contributed by atoms with Crippen LogP contribution in [0.4, 0.5) is 21.9 Å². The van der Waals surface area contributed by atoms with Gasteiger partial charge in [0.25, 0.3) is 5.91 Å². The van der Waals surface area contributed by atoms with Crippen LogP contribution in [0.1, 0.15) is 23.2 Å². The van der Waals surface area contributed by atoms with Gasteiger partial charge in [0, 0.05) is 38.4 Å². The Balaban J connectivity index is 1.32. The van der Waals surface area contributed by atoms with Crippen molar-refractivity contribution >= 4 is 35.0 Å². The van der Waals surface area contributed by atoms with Crippen LogP contribution in [0, 0.1) is 0 Å². The second-order valence-corrected chi connectivity index (χ2v) is 11.0. The lowest BCUT2D eigenvalue weighted by molar-refractivity contribution is -0.145. The molecule has 2 bridgehead atoms. The molecule has 3 amide bonds. The molecule has 3 aliphatic heterocycles. The summed E-state index contributed by atoms with van der Waals surface area (Å²) in [6.45, 7) is 3.62. The van der Waals surface area contributed by atoms with Crippen molar-refractivity contribution in [2.45, 2.75) is 31.0 Å². The van der Waals surface area contributed by atoms with E-state index in [1.807, 2.05) is 84.9 Å². The smallest absolute Gasteiger partial charge is 0.329 e. The van der Waals surface area contributed by atoms with Gasteiger partial charge in [-0.3, -0.25) is 9.69 Å². The lowest BCUT2D eigenvalue weighted by atomic mass is 10.0. The van der Waals surface area contributed by atoms with E-state index in [9.17, 15) is 19.5 Å². The van der Waals surface area contributed by atoms with Gasteiger partial charge in [-0.1, -0.05) is 48.5 Å². The van der Waals surface area contributed by atoms with E-state index in [1.165, 1.54) is 4.90 Å². The molecular weight excluding hydrogens is 518 g/mol. The molecular formula is C32H35N5O4. The van der Waals surface area contributed by atoms with E-state index in [-0.39, 0.29) is 18.5 Å². The zero-order valence-corrected chi connectivity index (χ0v) is 23.2. The predicted molar refractivity (Wildman–Crippen MR) is 158 cm³/mol. The van der Waals surface area contributed by atoms with Crippen LogP contribution in [0.5, 0.6) is 0 Å². The highest BCUT2D eigenvalue weighted by Crippen LogP contribution is 2.39. The van der Waals surface area contributed by atoms with Gasteiger partial charge in [0.15, 0.2) is 6.04 Å². The largest absolute Gasteiger partial charge is 0.480 e. The van der Waals surface area contributed by atoms with E-state index in [0.717, 1.165) is 31.9 Å². The fourth-order valence-electron chi connectivity index (χ4n) is 6.53. The molecule has 0 unspecified atom stereocenters. The molecule has 1 N–H and O–H groups in total. The normalized spacial score (nSPS) is 22.5. The highest BCUT2D eigenvalue weighted by atomic mass is 16.4. The van der Waals surface area contributed by atoms with Gasteiger partial charge in [0.1, 0.15) is 0 Å². The Morgan fingerprint density at radius 2 is 1.37 bits per heavy atom. The third-order valence-electron chi connectivity index (χ3n) is 8.59. The summed E-state index contributed by atoms with van der Waals surface area (Å²) in [7, 11) is 2.09. The van der Waals surface area contributed by atoms with E-state index >= 15 is 0 Å². The number of aliphatic carboxylic acids is 1. The standard InChI is InChI=1S/C32H35N5O4/c1-33-18-20-34(21-19-33)27-15-9-8-14-26(27)30(38)37-25-16-17-28(37)29(31(39)40)35(22-25)32(41)36(23-10-4-2-5-11-23)24-12-6-3-7-13-24/h2-15,25,28-29H,16-22H2,1H3,(H,39,40)/t25-,28+,29-/m0/s1. The molecule has 3 heterocycles. The van der Waals surface area contributed by atoms with E-state index in [1.54, 1.807) is 9.80 Å². The van der Waals surface area contributed by atoms with E-state index < -0.39 is 24.1 Å². The van der Waals surface area contributed by atoms with Gasteiger partial charge in [-0.05, 0) is 56.3 Å². The topological polar surface area (TPSA) is 87.6 Å². The average Bonchev–Trinajstić information content (AvgIpc) is 3.30. The Morgan fingerprint density at radius 1 is 0.780 bits per heavy atom. The summed E-state index contributed by atoms with van der Waals surface area (Å²) in [6, 6.07) is 23.7. The van der Waals surface area contributed by atoms with E-state index in [4.69, 9.17) is 0 Å². The molecule has 212 valence electrons. The molecule has 41 heavy (non-hydrogen) atoms. The Labute approximate surface area is 240 Å². The average molecular weight is 554 g/mol. The van der Waals surface area contributed by atoms with Crippen LogP contribution in [0.2, 0.25) is 0 Å². The maximum absolute atomic E-state index is 14.2. The summed E-state index contributed by atoms with van der Waals surface area (Å²) < 4.78 is 0. The number of carboxylic acids is 1. The first-order valence-electron chi connectivity index (χ1n) is 14.2. The molecule has 3 atom stereocenters. The Kier molecular flexibility index (Phi) is 7.36. The SMILES string of the molecule is CN1CCN(c2ccccc2C(=O)N2[C@H]3CC[C@@H]2[C@@H](C(=O)O)N(C(=O)N(c2ccccc2)c2ccccc2)C3)CC1. The van der Waals surface area contributed by atoms with Crippen LogP contribution in [-0.2, 0) is 4.79 Å². The number of fused-ring (bicyclic) bond motifs is 2. The number of piperazine rings is 2. The number of amides is 3. The first-order valence-corrected chi connectivity index (χ1v) is 14.2. The number of hydrogen-bond acceptors (Lipinski definition) is 5. The van der Waals surface area contributed by atoms with Gasteiger partial charge in [-0.2, -0.15) is 0 Å². The number of likely N-dealkylation sites (tertiary alicyclic amines) is 1. The lowest BCUT2D eigenvalue weighted by Gasteiger charge is -2.46. The number of nitrogens with zero attached hydrogens (tertiary/aromatic N) is 5. The molecule has 9 heteroatoms. The molecule has 0 aliphatic carbocycles. The van der Waals surface area contributed by atoms with Crippen LogP contribution in [0.3, 0.4) is 0 Å². The molecule has 9 nitrogen and oxygen atoms in total. The molecule has 6 rings (SSSR count). The highest BCUT2D eigenvalue weighted by molar-refractivity contribution is 6.03. The van der Waals surface area contributed by atoms with Gasteiger partial charge in [0.05, 0.1) is 29.0 Å². The number of carbonyl (C=O) groups is 3. The van der Waals surface area contributed by atoms with Crippen molar-refractivity contribution in [3.8, 4) is 0 Å². The number of carbonyl (C=O) groups excluding carboxylic acids is 2. The van der Waals surface area contributed by atoms with Crippen molar-refractivity contribution in [2.24, 2.45) is 0 Å². The van der Waals surface area contributed by atoms with Crippen LogP contribution >= 0.6 is 0 Å². The number of hydrogen-bond donors (Lipinski definition) is 1. The molecule has 0 spiro atoms. The zero-order chi connectivity index (χ0) is 28.5. The van der Waals surface area contributed by atoms with Gasteiger partial charge in [0.2, 0.25) is 0 Å². The maximum atomic E-state index is 14.2. The number of para-hydroxylation sites is 3. The number of anilines is 3. The molecule has 0 saturated carbocycles. The number of urea groups is 1. The maximum Gasteiger partial charge on any atom is 0.329 e. The van der Waals surface area contributed by atoms with Crippen molar-refractivity contribution in [1.82, 2.24) is 14.7 Å². The number of carboxylic acid groups (broad SMARTS) is 1. The third-order valence-corrected chi connectivity index (χ3v) is 8.59. The Morgan fingerprint density at radius 3 is 1.98 bits per heavy atom. The first kappa shape index (κ1) is 26.8.